The average molecular weight is 206 g/mol. The highest BCUT2D eigenvalue weighted by atomic mass is 35.5. The Bertz CT molecular complexity index is 198. The fourth-order valence-electron chi connectivity index (χ4n) is 2.41. The maximum atomic E-state index is 11.3. The van der Waals surface area contributed by atoms with Crippen LogP contribution < -0.4 is 5.32 Å². The molecule has 3 nitrogen and oxygen atoms in total. The molecule has 0 spiro atoms. The second-order valence-electron chi connectivity index (χ2n) is 3.75. The molecule has 13 heavy (non-hydrogen) atoms. The van der Waals surface area contributed by atoms with E-state index in [0.29, 0.717) is 12.1 Å². The average Bonchev–Trinajstić information content (AvgIpc) is 2.47. The zero-order chi connectivity index (χ0) is 8.55. The molecule has 2 bridgehead atoms. The van der Waals surface area contributed by atoms with E-state index in [-0.39, 0.29) is 24.3 Å². The highest BCUT2D eigenvalue weighted by molar-refractivity contribution is 5.85. The van der Waals surface area contributed by atoms with Crippen molar-refractivity contribution in [1.29, 1.82) is 0 Å². The lowest BCUT2D eigenvalue weighted by Crippen LogP contribution is -2.43. The fourth-order valence-corrected chi connectivity index (χ4v) is 2.41. The minimum atomic E-state index is -0.0344. The normalized spacial score (nSPS) is 36.5. The summed E-state index contributed by atoms with van der Waals surface area (Å²) in [6.07, 6.45) is 4.52. The largest absolute Gasteiger partial charge is 0.469 e. The second kappa shape index (κ2) is 4.29. The maximum Gasteiger partial charge on any atom is 0.310 e. The number of piperidine rings is 1. The van der Waals surface area contributed by atoms with Crippen molar-refractivity contribution in [3.8, 4) is 0 Å². The van der Waals surface area contributed by atoms with Crippen LogP contribution in [-0.4, -0.2) is 25.2 Å². The van der Waals surface area contributed by atoms with Crippen molar-refractivity contribution in [2.75, 3.05) is 7.11 Å². The summed E-state index contributed by atoms with van der Waals surface area (Å²) in [6, 6.07) is 1.08. The summed E-state index contributed by atoms with van der Waals surface area (Å²) in [6.45, 7) is 0. The van der Waals surface area contributed by atoms with E-state index in [1.807, 2.05) is 0 Å². The van der Waals surface area contributed by atoms with Gasteiger partial charge in [0.1, 0.15) is 0 Å². The molecule has 2 saturated heterocycles. The number of ether oxygens (including phenoxy) is 1. The molecule has 0 aromatic carbocycles. The summed E-state index contributed by atoms with van der Waals surface area (Å²) in [5, 5.41) is 3.45. The molecule has 2 aliphatic rings. The highest BCUT2D eigenvalue weighted by Crippen LogP contribution is 2.31. The predicted octanol–water partition coefficient (Wildman–Crippen LogP) is 1.11. The lowest BCUT2D eigenvalue weighted by molar-refractivity contribution is -0.147. The van der Waals surface area contributed by atoms with Gasteiger partial charge in [-0.3, -0.25) is 4.79 Å². The molecule has 4 heteroatoms. The van der Waals surface area contributed by atoms with Gasteiger partial charge in [0.15, 0.2) is 0 Å². The minimum Gasteiger partial charge on any atom is -0.469 e. The highest BCUT2D eigenvalue weighted by Gasteiger charge is 2.39. The van der Waals surface area contributed by atoms with E-state index in [0.717, 1.165) is 19.3 Å². The van der Waals surface area contributed by atoms with E-state index in [9.17, 15) is 4.79 Å². The Labute approximate surface area is 84.6 Å². The van der Waals surface area contributed by atoms with Gasteiger partial charge in [0, 0.05) is 12.1 Å². The Morgan fingerprint density at radius 1 is 1.31 bits per heavy atom. The maximum absolute atomic E-state index is 11.3. The third-order valence-electron chi connectivity index (χ3n) is 3.09. The molecule has 2 fully saturated rings. The standard InChI is InChI=1S/C9H15NO2.ClH/c1-12-9(11)7-4-2-6-3-5-8(7)10-6;/h6-8,10H,2-5H2,1H3;1H. The van der Waals surface area contributed by atoms with Crippen LogP contribution in [0.15, 0.2) is 0 Å². The first-order chi connectivity index (χ1) is 5.81. The van der Waals surface area contributed by atoms with Crippen molar-refractivity contribution in [2.24, 2.45) is 5.92 Å². The minimum absolute atomic E-state index is 0. The van der Waals surface area contributed by atoms with Crippen molar-refractivity contribution >= 4 is 18.4 Å². The quantitative estimate of drug-likeness (QED) is 0.652. The van der Waals surface area contributed by atoms with E-state index in [1.54, 1.807) is 0 Å². The Morgan fingerprint density at radius 3 is 2.69 bits per heavy atom. The molecule has 0 saturated carbocycles. The van der Waals surface area contributed by atoms with E-state index < -0.39 is 0 Å². The van der Waals surface area contributed by atoms with Crippen molar-refractivity contribution in [2.45, 2.75) is 37.8 Å². The molecule has 0 radical (unpaired) electrons. The van der Waals surface area contributed by atoms with Crippen LogP contribution in [0, 0.1) is 5.92 Å². The first-order valence-electron chi connectivity index (χ1n) is 4.65. The molecular formula is C9H16ClNO2. The number of rotatable bonds is 1. The van der Waals surface area contributed by atoms with Crippen molar-refractivity contribution < 1.29 is 9.53 Å². The molecule has 0 aliphatic carbocycles. The SMILES string of the molecule is COC(=O)C1CCC2CCC1N2.Cl. The van der Waals surface area contributed by atoms with Gasteiger partial charge in [-0.1, -0.05) is 0 Å². The van der Waals surface area contributed by atoms with Gasteiger partial charge in [-0.2, -0.15) is 0 Å². The topological polar surface area (TPSA) is 38.3 Å². The van der Waals surface area contributed by atoms with Crippen LogP contribution in [0.2, 0.25) is 0 Å². The predicted molar refractivity (Wildman–Crippen MR) is 51.9 cm³/mol. The molecule has 2 heterocycles. The lowest BCUT2D eigenvalue weighted by atomic mass is 9.92. The zero-order valence-electron chi connectivity index (χ0n) is 7.79. The van der Waals surface area contributed by atoms with Gasteiger partial charge in [0.25, 0.3) is 0 Å². The number of halogens is 1. The van der Waals surface area contributed by atoms with Crippen molar-refractivity contribution in [3.05, 3.63) is 0 Å². The van der Waals surface area contributed by atoms with Crippen LogP contribution in [0.1, 0.15) is 25.7 Å². The van der Waals surface area contributed by atoms with Crippen LogP contribution in [0.3, 0.4) is 0 Å². The number of hydrogen-bond donors (Lipinski definition) is 1. The van der Waals surface area contributed by atoms with E-state index >= 15 is 0 Å². The first kappa shape index (κ1) is 10.8. The molecule has 0 aromatic heterocycles. The monoisotopic (exact) mass is 205 g/mol. The van der Waals surface area contributed by atoms with E-state index in [2.05, 4.69) is 5.32 Å². The molecule has 76 valence electrons. The van der Waals surface area contributed by atoms with Crippen LogP contribution in [0.4, 0.5) is 0 Å². The van der Waals surface area contributed by atoms with E-state index in [1.165, 1.54) is 13.5 Å². The van der Waals surface area contributed by atoms with Crippen LogP contribution in [-0.2, 0) is 9.53 Å². The molecule has 2 aliphatic heterocycles. The summed E-state index contributed by atoms with van der Waals surface area (Å²) in [5.74, 6) is 0.0848. The Kier molecular flexibility index (Phi) is 3.56. The van der Waals surface area contributed by atoms with Gasteiger partial charge < -0.3 is 10.1 Å². The number of carbonyl (C=O) groups is 1. The molecule has 1 N–H and O–H groups in total. The number of nitrogens with one attached hydrogen (secondary N) is 1. The van der Waals surface area contributed by atoms with Crippen LogP contribution in [0.25, 0.3) is 0 Å². The Hall–Kier alpha value is -0.280. The van der Waals surface area contributed by atoms with Gasteiger partial charge in [-0.15, -0.1) is 12.4 Å². The van der Waals surface area contributed by atoms with Crippen molar-refractivity contribution in [1.82, 2.24) is 5.32 Å². The summed E-state index contributed by atoms with van der Waals surface area (Å²) in [7, 11) is 1.48. The van der Waals surface area contributed by atoms with Gasteiger partial charge >= 0.3 is 5.97 Å². The summed E-state index contributed by atoms with van der Waals surface area (Å²) in [5.41, 5.74) is 0. The Balaban J connectivity index is 0.000000845. The zero-order valence-corrected chi connectivity index (χ0v) is 8.60. The van der Waals surface area contributed by atoms with Gasteiger partial charge in [-0.25, -0.2) is 0 Å². The molecule has 0 amide bonds. The second-order valence-corrected chi connectivity index (χ2v) is 3.75. The van der Waals surface area contributed by atoms with Gasteiger partial charge in [0.05, 0.1) is 13.0 Å². The van der Waals surface area contributed by atoms with Crippen molar-refractivity contribution in [3.63, 3.8) is 0 Å². The summed E-state index contributed by atoms with van der Waals surface area (Å²) < 4.78 is 4.76. The lowest BCUT2D eigenvalue weighted by Gasteiger charge is -2.27. The molecule has 2 rings (SSSR count). The molecule has 3 atom stereocenters. The first-order valence-corrected chi connectivity index (χ1v) is 4.65. The smallest absolute Gasteiger partial charge is 0.310 e. The number of carbonyl (C=O) groups excluding carboxylic acids is 1. The van der Waals surface area contributed by atoms with Crippen LogP contribution >= 0.6 is 12.4 Å². The molecule has 3 unspecified atom stereocenters. The summed E-state index contributed by atoms with van der Waals surface area (Å²) >= 11 is 0. The fraction of sp³-hybridized carbons (Fsp3) is 0.889. The third-order valence-corrected chi connectivity index (χ3v) is 3.09. The number of esters is 1. The Morgan fingerprint density at radius 2 is 2.00 bits per heavy atom. The molecular weight excluding hydrogens is 190 g/mol. The van der Waals surface area contributed by atoms with Gasteiger partial charge in [0.2, 0.25) is 0 Å². The van der Waals surface area contributed by atoms with E-state index in [4.69, 9.17) is 4.74 Å². The van der Waals surface area contributed by atoms with Crippen LogP contribution in [0.5, 0.6) is 0 Å². The number of hydrogen-bond acceptors (Lipinski definition) is 3. The summed E-state index contributed by atoms with van der Waals surface area (Å²) in [4.78, 5) is 11.3. The number of methoxy groups -OCH3 is 1. The van der Waals surface area contributed by atoms with Gasteiger partial charge in [-0.05, 0) is 25.7 Å². The number of fused-ring (bicyclic) bond motifs is 2. The third kappa shape index (κ3) is 1.97. The molecule has 0 aromatic rings.